The number of hydrogen-bond donors (Lipinski definition) is 2. The number of H-pyrrole nitrogens is 1. The molecule has 0 bridgehead atoms. The normalized spacial score (nSPS) is 11.3. The molecular formula is C18H17N5O3S2. The number of methoxy groups -OCH3 is 1. The SMILES string of the molecule is COCCn1c(SCC(=O)Nc2nccs2)nc2c([nH]c3ccccc32)c1=O. The van der Waals surface area contributed by atoms with Crippen LogP contribution in [0.2, 0.25) is 0 Å². The van der Waals surface area contributed by atoms with Crippen molar-refractivity contribution in [3.63, 3.8) is 0 Å². The van der Waals surface area contributed by atoms with E-state index in [-0.39, 0.29) is 17.2 Å². The Kier molecular flexibility index (Phi) is 5.42. The minimum Gasteiger partial charge on any atom is -0.383 e. The summed E-state index contributed by atoms with van der Waals surface area (Å²) >= 11 is 2.57. The van der Waals surface area contributed by atoms with Crippen LogP contribution in [0, 0.1) is 0 Å². The van der Waals surface area contributed by atoms with E-state index in [1.165, 1.54) is 23.1 Å². The predicted molar refractivity (Wildman–Crippen MR) is 111 cm³/mol. The van der Waals surface area contributed by atoms with Crippen molar-refractivity contribution >= 4 is 56.1 Å². The molecule has 8 nitrogen and oxygen atoms in total. The second-order valence-electron chi connectivity index (χ2n) is 5.91. The van der Waals surface area contributed by atoms with E-state index in [9.17, 15) is 9.59 Å². The van der Waals surface area contributed by atoms with E-state index in [1.54, 1.807) is 23.3 Å². The molecule has 0 radical (unpaired) electrons. The highest BCUT2D eigenvalue weighted by atomic mass is 32.2. The van der Waals surface area contributed by atoms with Crippen LogP contribution in [0.5, 0.6) is 0 Å². The van der Waals surface area contributed by atoms with Crippen molar-refractivity contribution in [3.8, 4) is 0 Å². The molecule has 0 aliphatic rings. The second-order valence-corrected chi connectivity index (χ2v) is 7.75. The quantitative estimate of drug-likeness (QED) is 0.355. The molecule has 0 aliphatic heterocycles. The molecule has 4 rings (SSSR count). The number of nitrogens with one attached hydrogen (secondary N) is 2. The third-order valence-electron chi connectivity index (χ3n) is 4.11. The van der Waals surface area contributed by atoms with Gasteiger partial charge in [0.2, 0.25) is 5.91 Å². The molecule has 0 saturated heterocycles. The van der Waals surface area contributed by atoms with Crippen molar-refractivity contribution in [2.75, 3.05) is 24.8 Å². The van der Waals surface area contributed by atoms with Crippen molar-refractivity contribution in [2.24, 2.45) is 0 Å². The van der Waals surface area contributed by atoms with E-state index in [0.717, 1.165) is 10.9 Å². The molecule has 0 unspecified atom stereocenters. The number of carbonyl (C=O) groups excluding carboxylic acids is 1. The number of rotatable bonds is 7. The lowest BCUT2D eigenvalue weighted by atomic mass is 10.2. The number of anilines is 1. The molecule has 3 aromatic heterocycles. The van der Waals surface area contributed by atoms with Crippen molar-refractivity contribution < 1.29 is 9.53 Å². The van der Waals surface area contributed by atoms with Crippen LogP contribution in [-0.2, 0) is 16.1 Å². The number of thioether (sulfide) groups is 1. The first-order valence-corrected chi connectivity index (χ1v) is 10.4. The highest BCUT2D eigenvalue weighted by Gasteiger charge is 2.17. The van der Waals surface area contributed by atoms with Gasteiger partial charge in [0.15, 0.2) is 10.3 Å². The van der Waals surface area contributed by atoms with E-state index in [2.05, 4.69) is 15.3 Å². The number of thiazole rings is 1. The summed E-state index contributed by atoms with van der Waals surface area (Å²) in [6.45, 7) is 0.719. The molecule has 144 valence electrons. The molecule has 1 aromatic carbocycles. The molecule has 2 N–H and O–H groups in total. The number of amides is 1. The summed E-state index contributed by atoms with van der Waals surface area (Å²) in [5, 5.41) is 6.42. The Bertz CT molecular complexity index is 1180. The molecule has 0 atom stereocenters. The van der Waals surface area contributed by atoms with Crippen LogP contribution in [-0.4, -0.2) is 44.9 Å². The zero-order valence-electron chi connectivity index (χ0n) is 15.0. The van der Waals surface area contributed by atoms with Crippen LogP contribution < -0.4 is 10.9 Å². The third-order valence-corrected chi connectivity index (χ3v) is 5.77. The molecule has 3 heterocycles. The van der Waals surface area contributed by atoms with Crippen molar-refractivity contribution in [2.45, 2.75) is 11.7 Å². The highest BCUT2D eigenvalue weighted by molar-refractivity contribution is 7.99. The zero-order chi connectivity index (χ0) is 19.5. The van der Waals surface area contributed by atoms with Gasteiger partial charge in [0, 0.05) is 29.6 Å². The van der Waals surface area contributed by atoms with Crippen LogP contribution >= 0.6 is 23.1 Å². The Hall–Kier alpha value is -2.69. The Labute approximate surface area is 168 Å². The van der Waals surface area contributed by atoms with Gasteiger partial charge in [-0.25, -0.2) is 9.97 Å². The standard InChI is InChI=1S/C18H17N5O3S2/c1-26-8-7-23-16(25)15-14(11-4-2-3-5-12(11)20-15)22-18(23)28-10-13(24)21-17-19-6-9-27-17/h2-6,9,20H,7-8,10H2,1H3,(H,19,21,24). The monoisotopic (exact) mass is 415 g/mol. The smallest absolute Gasteiger partial charge is 0.278 e. The van der Waals surface area contributed by atoms with E-state index in [1.807, 2.05) is 24.3 Å². The summed E-state index contributed by atoms with van der Waals surface area (Å²) in [6.07, 6.45) is 1.63. The molecule has 10 heteroatoms. The Morgan fingerprint density at radius 3 is 3.04 bits per heavy atom. The van der Waals surface area contributed by atoms with Crippen LogP contribution in [0.3, 0.4) is 0 Å². The number of benzene rings is 1. The zero-order valence-corrected chi connectivity index (χ0v) is 16.6. The number of aromatic amines is 1. The first-order chi connectivity index (χ1) is 13.7. The fourth-order valence-electron chi connectivity index (χ4n) is 2.84. The fourth-order valence-corrected chi connectivity index (χ4v) is 4.20. The maximum Gasteiger partial charge on any atom is 0.278 e. The number of nitrogens with zero attached hydrogens (tertiary/aromatic N) is 3. The molecular weight excluding hydrogens is 398 g/mol. The maximum absolute atomic E-state index is 13.0. The lowest BCUT2D eigenvalue weighted by molar-refractivity contribution is -0.113. The Morgan fingerprint density at radius 2 is 2.25 bits per heavy atom. The number of fused-ring (bicyclic) bond motifs is 3. The molecule has 0 aliphatic carbocycles. The largest absolute Gasteiger partial charge is 0.383 e. The number of hydrogen-bond acceptors (Lipinski definition) is 7. The summed E-state index contributed by atoms with van der Waals surface area (Å²) in [4.78, 5) is 37.1. The number of aromatic nitrogens is 4. The topological polar surface area (TPSA) is 102 Å². The van der Waals surface area contributed by atoms with Crippen molar-refractivity contribution in [3.05, 3.63) is 46.2 Å². The molecule has 4 aromatic rings. The fraction of sp³-hybridized carbons (Fsp3) is 0.222. The van der Waals surface area contributed by atoms with Crippen LogP contribution in [0.25, 0.3) is 21.9 Å². The Balaban J connectivity index is 1.69. The van der Waals surface area contributed by atoms with Gasteiger partial charge in [0.1, 0.15) is 11.0 Å². The highest BCUT2D eigenvalue weighted by Crippen LogP contribution is 2.24. The number of carbonyl (C=O) groups is 1. The van der Waals surface area contributed by atoms with Gasteiger partial charge in [-0.2, -0.15) is 0 Å². The first-order valence-electron chi connectivity index (χ1n) is 8.49. The van der Waals surface area contributed by atoms with Gasteiger partial charge in [-0.3, -0.25) is 14.2 Å². The summed E-state index contributed by atoms with van der Waals surface area (Å²) in [7, 11) is 1.58. The minimum absolute atomic E-state index is 0.118. The van der Waals surface area contributed by atoms with E-state index in [0.29, 0.717) is 34.5 Å². The molecule has 0 saturated carbocycles. The summed E-state index contributed by atoms with van der Waals surface area (Å²) in [5.41, 5.74) is 1.73. The van der Waals surface area contributed by atoms with Gasteiger partial charge >= 0.3 is 0 Å². The van der Waals surface area contributed by atoms with E-state index < -0.39 is 0 Å². The average molecular weight is 416 g/mol. The van der Waals surface area contributed by atoms with Gasteiger partial charge in [0.05, 0.1) is 18.9 Å². The van der Waals surface area contributed by atoms with Gasteiger partial charge in [-0.05, 0) is 6.07 Å². The molecule has 0 fully saturated rings. The lowest BCUT2D eigenvalue weighted by Crippen LogP contribution is -2.26. The Morgan fingerprint density at radius 1 is 1.39 bits per heavy atom. The molecule has 28 heavy (non-hydrogen) atoms. The minimum atomic E-state index is -0.202. The number of para-hydroxylation sites is 1. The van der Waals surface area contributed by atoms with Crippen LogP contribution in [0.1, 0.15) is 0 Å². The van der Waals surface area contributed by atoms with Crippen molar-refractivity contribution in [1.29, 1.82) is 0 Å². The maximum atomic E-state index is 13.0. The second kappa shape index (κ2) is 8.13. The summed E-state index contributed by atoms with van der Waals surface area (Å²) < 4.78 is 6.67. The van der Waals surface area contributed by atoms with Gasteiger partial charge in [0.25, 0.3) is 5.56 Å². The average Bonchev–Trinajstić information content (AvgIpc) is 3.33. The lowest BCUT2D eigenvalue weighted by Gasteiger charge is -2.11. The summed E-state index contributed by atoms with van der Waals surface area (Å²) in [5.74, 6) is -0.0844. The number of ether oxygens (including phenoxy) is 1. The van der Waals surface area contributed by atoms with E-state index in [4.69, 9.17) is 9.72 Å². The van der Waals surface area contributed by atoms with Crippen LogP contribution in [0.15, 0.2) is 45.8 Å². The third kappa shape index (κ3) is 3.66. The van der Waals surface area contributed by atoms with Crippen LogP contribution in [0.4, 0.5) is 5.13 Å². The van der Waals surface area contributed by atoms with Gasteiger partial charge in [-0.15, -0.1) is 11.3 Å². The van der Waals surface area contributed by atoms with Crippen molar-refractivity contribution in [1.82, 2.24) is 19.5 Å². The first kappa shape index (κ1) is 18.7. The molecule has 0 spiro atoms. The summed E-state index contributed by atoms with van der Waals surface area (Å²) in [6, 6.07) is 7.63. The van der Waals surface area contributed by atoms with Gasteiger partial charge < -0.3 is 15.0 Å². The van der Waals surface area contributed by atoms with E-state index >= 15 is 0 Å². The molecule has 1 amide bonds. The van der Waals surface area contributed by atoms with Gasteiger partial charge in [-0.1, -0.05) is 30.0 Å². The predicted octanol–water partition coefficient (Wildman–Crippen LogP) is 2.71.